The standard InChI is InChI=1S/C11H10FNO2/c1-5-6(2)13-10-4-9(12)8(11(14)15)3-7(5)10/h3-4,13H,1-2H3,(H,14,15). The topological polar surface area (TPSA) is 53.1 Å². The largest absolute Gasteiger partial charge is 0.478 e. The fourth-order valence-corrected chi connectivity index (χ4v) is 1.65. The minimum absolute atomic E-state index is 0.287. The molecule has 2 rings (SSSR count). The number of aromatic nitrogens is 1. The molecule has 0 atom stereocenters. The summed E-state index contributed by atoms with van der Waals surface area (Å²) in [5.74, 6) is -1.95. The normalized spacial score (nSPS) is 10.9. The fourth-order valence-electron chi connectivity index (χ4n) is 1.65. The zero-order valence-corrected chi connectivity index (χ0v) is 8.39. The Morgan fingerprint density at radius 3 is 2.67 bits per heavy atom. The quantitative estimate of drug-likeness (QED) is 0.755. The lowest BCUT2D eigenvalue weighted by Crippen LogP contribution is -1.99. The van der Waals surface area contributed by atoms with Crippen molar-refractivity contribution < 1.29 is 14.3 Å². The van der Waals surface area contributed by atoms with Crippen molar-refractivity contribution >= 4 is 16.9 Å². The summed E-state index contributed by atoms with van der Waals surface area (Å²) in [6, 6.07) is 2.59. The van der Waals surface area contributed by atoms with Crippen LogP contribution in [0.15, 0.2) is 12.1 Å². The second-order valence-corrected chi connectivity index (χ2v) is 3.56. The first-order chi connectivity index (χ1) is 7.00. The number of benzene rings is 1. The average Bonchev–Trinajstić information content (AvgIpc) is 2.41. The van der Waals surface area contributed by atoms with E-state index < -0.39 is 11.8 Å². The zero-order valence-electron chi connectivity index (χ0n) is 8.39. The van der Waals surface area contributed by atoms with Gasteiger partial charge in [-0.25, -0.2) is 9.18 Å². The number of aromatic amines is 1. The SMILES string of the molecule is Cc1[nH]c2cc(F)c(C(=O)O)cc2c1C. The lowest BCUT2D eigenvalue weighted by Gasteiger charge is -1.98. The van der Waals surface area contributed by atoms with E-state index in [4.69, 9.17) is 5.11 Å². The maximum Gasteiger partial charge on any atom is 0.338 e. The van der Waals surface area contributed by atoms with E-state index >= 15 is 0 Å². The fraction of sp³-hybridized carbons (Fsp3) is 0.182. The van der Waals surface area contributed by atoms with Crippen LogP contribution in [0, 0.1) is 19.7 Å². The van der Waals surface area contributed by atoms with E-state index in [-0.39, 0.29) is 5.56 Å². The van der Waals surface area contributed by atoms with Crippen LogP contribution in [0.5, 0.6) is 0 Å². The van der Waals surface area contributed by atoms with Crippen LogP contribution in [0.25, 0.3) is 10.9 Å². The molecule has 0 spiro atoms. The van der Waals surface area contributed by atoms with Gasteiger partial charge in [-0.3, -0.25) is 0 Å². The number of carbonyl (C=O) groups is 1. The van der Waals surface area contributed by atoms with E-state index in [9.17, 15) is 9.18 Å². The maximum absolute atomic E-state index is 13.3. The van der Waals surface area contributed by atoms with Gasteiger partial charge in [0, 0.05) is 16.6 Å². The molecule has 4 heteroatoms. The highest BCUT2D eigenvalue weighted by atomic mass is 19.1. The van der Waals surface area contributed by atoms with E-state index in [1.54, 1.807) is 0 Å². The summed E-state index contributed by atoms with van der Waals surface area (Å²) >= 11 is 0. The van der Waals surface area contributed by atoms with Crippen LogP contribution >= 0.6 is 0 Å². The van der Waals surface area contributed by atoms with Gasteiger partial charge in [0.05, 0.1) is 5.56 Å². The molecule has 0 saturated carbocycles. The van der Waals surface area contributed by atoms with E-state index in [0.717, 1.165) is 16.6 Å². The average molecular weight is 207 g/mol. The Balaban J connectivity index is 2.83. The summed E-state index contributed by atoms with van der Waals surface area (Å²) in [5.41, 5.74) is 2.22. The summed E-state index contributed by atoms with van der Waals surface area (Å²) in [6.07, 6.45) is 0. The van der Waals surface area contributed by atoms with Crippen molar-refractivity contribution in [1.82, 2.24) is 4.98 Å². The van der Waals surface area contributed by atoms with Crippen molar-refractivity contribution in [3.63, 3.8) is 0 Å². The first-order valence-corrected chi connectivity index (χ1v) is 4.52. The number of hydrogen-bond donors (Lipinski definition) is 2. The Labute approximate surface area is 85.5 Å². The molecular formula is C11H10FNO2. The first kappa shape index (κ1) is 9.71. The van der Waals surface area contributed by atoms with Gasteiger partial charge in [-0.2, -0.15) is 0 Å². The molecule has 0 aliphatic carbocycles. The van der Waals surface area contributed by atoms with Crippen molar-refractivity contribution in [1.29, 1.82) is 0 Å². The van der Waals surface area contributed by atoms with Crippen LogP contribution in [-0.4, -0.2) is 16.1 Å². The molecule has 2 aromatic rings. The number of halogens is 1. The van der Waals surface area contributed by atoms with Crippen molar-refractivity contribution in [3.8, 4) is 0 Å². The molecule has 15 heavy (non-hydrogen) atoms. The Morgan fingerprint density at radius 2 is 2.07 bits per heavy atom. The van der Waals surface area contributed by atoms with Crippen molar-refractivity contribution in [2.24, 2.45) is 0 Å². The van der Waals surface area contributed by atoms with Gasteiger partial charge >= 0.3 is 5.97 Å². The predicted octanol–water partition coefficient (Wildman–Crippen LogP) is 2.62. The van der Waals surface area contributed by atoms with E-state index in [1.807, 2.05) is 13.8 Å². The third-order valence-corrected chi connectivity index (χ3v) is 2.63. The first-order valence-electron chi connectivity index (χ1n) is 4.52. The van der Waals surface area contributed by atoms with E-state index in [0.29, 0.717) is 5.52 Å². The lowest BCUT2D eigenvalue weighted by molar-refractivity contribution is 0.0692. The molecule has 0 fully saturated rings. The molecular weight excluding hydrogens is 197 g/mol. The number of hydrogen-bond acceptors (Lipinski definition) is 1. The number of carboxylic acids is 1. The molecule has 1 aromatic carbocycles. The number of aromatic carboxylic acids is 1. The van der Waals surface area contributed by atoms with E-state index in [1.165, 1.54) is 12.1 Å². The van der Waals surface area contributed by atoms with Crippen molar-refractivity contribution in [2.75, 3.05) is 0 Å². The van der Waals surface area contributed by atoms with Gasteiger partial charge in [-0.1, -0.05) is 0 Å². The molecule has 1 aromatic heterocycles. The lowest BCUT2D eigenvalue weighted by atomic mass is 10.1. The highest BCUT2D eigenvalue weighted by Crippen LogP contribution is 2.24. The molecule has 0 bridgehead atoms. The van der Waals surface area contributed by atoms with Gasteiger partial charge in [0.1, 0.15) is 5.82 Å². The molecule has 0 aliphatic heterocycles. The third-order valence-electron chi connectivity index (χ3n) is 2.63. The summed E-state index contributed by atoms with van der Waals surface area (Å²) < 4.78 is 13.3. The number of carboxylic acid groups (broad SMARTS) is 1. The van der Waals surface area contributed by atoms with Crippen LogP contribution in [0.2, 0.25) is 0 Å². The Hall–Kier alpha value is -1.84. The van der Waals surface area contributed by atoms with Crippen molar-refractivity contribution in [2.45, 2.75) is 13.8 Å². The Morgan fingerprint density at radius 1 is 1.40 bits per heavy atom. The van der Waals surface area contributed by atoms with Crippen LogP contribution in [0.1, 0.15) is 21.6 Å². The summed E-state index contributed by atoms with van der Waals surface area (Å²) in [5, 5.41) is 9.53. The minimum Gasteiger partial charge on any atom is -0.478 e. The van der Waals surface area contributed by atoms with Gasteiger partial charge in [-0.15, -0.1) is 0 Å². The number of nitrogens with one attached hydrogen (secondary N) is 1. The summed E-state index contributed by atoms with van der Waals surface area (Å²) in [4.78, 5) is 13.7. The summed E-state index contributed by atoms with van der Waals surface area (Å²) in [6.45, 7) is 3.74. The highest BCUT2D eigenvalue weighted by Gasteiger charge is 2.14. The van der Waals surface area contributed by atoms with Gasteiger partial charge in [0.2, 0.25) is 0 Å². The van der Waals surface area contributed by atoms with Gasteiger partial charge in [-0.05, 0) is 31.5 Å². The Bertz CT molecular complexity index is 557. The Kier molecular flexibility index (Phi) is 2.00. The van der Waals surface area contributed by atoms with Crippen LogP contribution in [0.4, 0.5) is 4.39 Å². The molecule has 0 unspecified atom stereocenters. The smallest absolute Gasteiger partial charge is 0.338 e. The number of fused-ring (bicyclic) bond motifs is 1. The molecule has 0 saturated heterocycles. The highest BCUT2D eigenvalue weighted by molar-refractivity contribution is 5.95. The number of aryl methyl sites for hydroxylation is 2. The second kappa shape index (κ2) is 3.08. The monoisotopic (exact) mass is 207 g/mol. The molecule has 3 nitrogen and oxygen atoms in total. The van der Waals surface area contributed by atoms with Crippen molar-refractivity contribution in [3.05, 3.63) is 34.8 Å². The maximum atomic E-state index is 13.3. The molecule has 78 valence electrons. The molecule has 0 radical (unpaired) electrons. The van der Waals surface area contributed by atoms with Gasteiger partial charge in [0.25, 0.3) is 0 Å². The summed E-state index contributed by atoms with van der Waals surface area (Å²) in [7, 11) is 0. The van der Waals surface area contributed by atoms with Crippen LogP contribution in [0.3, 0.4) is 0 Å². The minimum atomic E-state index is -1.24. The molecule has 2 N–H and O–H groups in total. The number of rotatable bonds is 1. The molecule has 0 aliphatic rings. The second-order valence-electron chi connectivity index (χ2n) is 3.56. The zero-order chi connectivity index (χ0) is 11.2. The number of H-pyrrole nitrogens is 1. The third kappa shape index (κ3) is 1.38. The van der Waals surface area contributed by atoms with Crippen LogP contribution < -0.4 is 0 Å². The van der Waals surface area contributed by atoms with E-state index in [2.05, 4.69) is 4.98 Å². The molecule has 0 amide bonds. The van der Waals surface area contributed by atoms with Crippen LogP contribution in [-0.2, 0) is 0 Å². The van der Waals surface area contributed by atoms with Gasteiger partial charge < -0.3 is 10.1 Å². The van der Waals surface area contributed by atoms with Gasteiger partial charge in [0.15, 0.2) is 0 Å². The predicted molar refractivity (Wildman–Crippen MR) is 54.7 cm³/mol. The molecule has 1 heterocycles.